The van der Waals surface area contributed by atoms with Crippen molar-refractivity contribution in [3.05, 3.63) is 46.5 Å². The predicted molar refractivity (Wildman–Crippen MR) is 164 cm³/mol. The van der Waals surface area contributed by atoms with E-state index in [0.717, 1.165) is 74.4 Å². The molecule has 1 saturated carbocycles. The molecule has 0 spiro atoms. The van der Waals surface area contributed by atoms with Crippen molar-refractivity contribution in [2.75, 3.05) is 40.6 Å². The minimum atomic E-state index is -2.73. The molecule has 42 heavy (non-hydrogen) atoms. The second-order valence-electron chi connectivity index (χ2n) is 11.7. The number of benzene rings is 1. The number of rotatable bonds is 13. The van der Waals surface area contributed by atoms with Crippen LogP contribution in [0.5, 0.6) is 5.75 Å². The molecular formula is C32H45F2N3O4S. The van der Waals surface area contributed by atoms with Gasteiger partial charge in [-0.2, -0.15) is 13.9 Å². The number of nitrogens with zero attached hydrogens (tertiary/aromatic N) is 2. The van der Waals surface area contributed by atoms with Crippen molar-refractivity contribution in [2.24, 2.45) is 17.8 Å². The van der Waals surface area contributed by atoms with E-state index >= 15 is 0 Å². The molecule has 3 atom stereocenters. The van der Waals surface area contributed by atoms with Crippen molar-refractivity contribution in [1.82, 2.24) is 15.1 Å². The summed E-state index contributed by atoms with van der Waals surface area (Å²) in [5, 5.41) is 5.78. The van der Waals surface area contributed by atoms with E-state index in [1.165, 1.54) is 5.57 Å². The Hall–Kier alpha value is -2.43. The van der Waals surface area contributed by atoms with E-state index in [0.29, 0.717) is 67.0 Å². The number of halogens is 2. The second kappa shape index (κ2) is 15.3. The van der Waals surface area contributed by atoms with Crippen molar-refractivity contribution in [3.8, 4) is 5.75 Å². The van der Waals surface area contributed by atoms with Gasteiger partial charge in [0.25, 0.3) is 11.2 Å². The fourth-order valence-corrected chi connectivity index (χ4v) is 6.74. The Bertz CT molecular complexity index is 1260. The van der Waals surface area contributed by atoms with Crippen molar-refractivity contribution < 1.29 is 27.8 Å². The summed E-state index contributed by atoms with van der Waals surface area (Å²) in [5.74, 6) is 1.99. The molecule has 7 nitrogen and oxygen atoms in total. The van der Waals surface area contributed by atoms with Gasteiger partial charge in [0.1, 0.15) is 5.75 Å². The standard InChI is InChI=1S/C32H45F2N3O4S/c1-22-8-9-23(6-5-7-25(22)21-41-20-24-10-12-26(13-11-24)42-32(2,33)34)18-37-19-28-29(36-37)15-14-27(30(28)40-4)31(38)35-16-17-39-3/h10,12,14-15,19,22-23,25H,5-9,11,13,16-18,20-21H2,1-4H3,(H,35,38). The molecule has 0 radical (unpaired) electrons. The number of hydrogen-bond donors (Lipinski definition) is 1. The molecule has 4 rings (SSSR count). The number of allylic oxidation sites excluding steroid dienone is 3. The highest BCUT2D eigenvalue weighted by atomic mass is 32.2. The first-order valence-corrected chi connectivity index (χ1v) is 15.8. The summed E-state index contributed by atoms with van der Waals surface area (Å²) in [6, 6.07) is 3.65. The summed E-state index contributed by atoms with van der Waals surface area (Å²) in [4.78, 5) is 13.4. The molecule has 3 unspecified atom stereocenters. The van der Waals surface area contributed by atoms with Crippen LogP contribution in [0.1, 0.15) is 69.2 Å². The van der Waals surface area contributed by atoms with Crippen LogP contribution in [0.4, 0.5) is 8.78 Å². The Balaban J connectivity index is 1.27. The number of alkyl halides is 2. The van der Waals surface area contributed by atoms with Gasteiger partial charge in [-0.05, 0) is 72.5 Å². The molecule has 2 aromatic rings. The highest BCUT2D eigenvalue weighted by molar-refractivity contribution is 8.04. The molecule has 2 aliphatic carbocycles. The van der Waals surface area contributed by atoms with Crippen molar-refractivity contribution in [1.29, 1.82) is 0 Å². The number of fused-ring (bicyclic) bond motifs is 1. The molecule has 1 aromatic carbocycles. The lowest BCUT2D eigenvalue weighted by Gasteiger charge is -2.30. The molecule has 1 aromatic heterocycles. The molecule has 0 saturated heterocycles. The number of nitrogens with one attached hydrogen (secondary N) is 1. The lowest BCUT2D eigenvalue weighted by atomic mass is 9.80. The maximum absolute atomic E-state index is 13.2. The summed E-state index contributed by atoms with van der Waals surface area (Å²) in [5.41, 5.74) is 2.49. The summed E-state index contributed by atoms with van der Waals surface area (Å²) >= 11 is 0.651. The molecule has 0 bridgehead atoms. The number of carbonyl (C=O) groups excluding carboxylic acids is 1. The largest absolute Gasteiger partial charge is 0.495 e. The third-order valence-electron chi connectivity index (χ3n) is 8.32. The molecule has 10 heteroatoms. The third-order valence-corrected chi connectivity index (χ3v) is 9.28. The van der Waals surface area contributed by atoms with Gasteiger partial charge in [-0.25, -0.2) is 0 Å². The lowest BCUT2D eigenvalue weighted by molar-refractivity contribution is 0.0779. The van der Waals surface area contributed by atoms with Gasteiger partial charge in [0.05, 0.1) is 43.4 Å². The number of carbonyl (C=O) groups is 1. The average molecular weight is 606 g/mol. The number of hydrogen-bond acceptors (Lipinski definition) is 6. The molecule has 232 valence electrons. The Labute approximate surface area is 252 Å². The van der Waals surface area contributed by atoms with Gasteiger partial charge >= 0.3 is 0 Å². The van der Waals surface area contributed by atoms with Gasteiger partial charge in [-0.3, -0.25) is 9.48 Å². The average Bonchev–Trinajstić information content (AvgIpc) is 3.36. The highest BCUT2D eigenvalue weighted by Crippen LogP contribution is 2.39. The monoisotopic (exact) mass is 605 g/mol. The quantitative estimate of drug-likeness (QED) is 0.243. The second-order valence-corrected chi connectivity index (χ2v) is 13.1. The normalized spacial score (nSPS) is 21.8. The lowest BCUT2D eigenvalue weighted by Crippen LogP contribution is -2.27. The molecule has 1 amide bonds. The van der Waals surface area contributed by atoms with Crippen LogP contribution >= 0.6 is 11.8 Å². The Kier molecular flexibility index (Phi) is 11.9. The zero-order valence-electron chi connectivity index (χ0n) is 25.3. The van der Waals surface area contributed by atoms with Gasteiger partial charge in [0.15, 0.2) is 0 Å². The maximum Gasteiger partial charge on any atom is 0.295 e. The van der Waals surface area contributed by atoms with Crippen LogP contribution in [0, 0.1) is 17.8 Å². The Morgan fingerprint density at radius 3 is 2.71 bits per heavy atom. The van der Waals surface area contributed by atoms with E-state index < -0.39 is 5.25 Å². The van der Waals surface area contributed by atoms with E-state index in [1.54, 1.807) is 20.3 Å². The van der Waals surface area contributed by atoms with E-state index in [-0.39, 0.29) is 5.91 Å². The fourth-order valence-electron chi connectivity index (χ4n) is 5.94. The summed E-state index contributed by atoms with van der Waals surface area (Å²) in [6.45, 7) is 6.32. The molecule has 1 heterocycles. The van der Waals surface area contributed by atoms with Crippen LogP contribution in [-0.4, -0.2) is 61.5 Å². The van der Waals surface area contributed by atoms with Crippen LogP contribution in [0.2, 0.25) is 0 Å². The first-order chi connectivity index (χ1) is 20.2. The highest BCUT2D eigenvalue weighted by Gasteiger charge is 2.26. The van der Waals surface area contributed by atoms with E-state index in [4.69, 9.17) is 19.3 Å². The van der Waals surface area contributed by atoms with Crippen LogP contribution in [0.3, 0.4) is 0 Å². The smallest absolute Gasteiger partial charge is 0.295 e. The number of aromatic nitrogens is 2. The fraction of sp³-hybridized carbons (Fsp3) is 0.625. The summed E-state index contributed by atoms with van der Waals surface area (Å²) < 4.78 is 45.3. The number of amides is 1. The SMILES string of the molecule is COCCNC(=O)c1ccc2nn(CC3CCCC(COCC4=CC=C(SC(C)(F)F)CC4)C(C)CC3)cc2c1OC. The molecule has 1 N–H and O–H groups in total. The number of thioether (sulfide) groups is 1. The van der Waals surface area contributed by atoms with Crippen LogP contribution in [0.25, 0.3) is 10.9 Å². The number of methoxy groups -OCH3 is 2. The number of ether oxygens (including phenoxy) is 3. The van der Waals surface area contributed by atoms with E-state index in [2.05, 4.69) is 12.2 Å². The zero-order chi connectivity index (χ0) is 30.1. The maximum atomic E-state index is 13.2. The van der Waals surface area contributed by atoms with Gasteiger partial charge < -0.3 is 19.5 Å². The van der Waals surface area contributed by atoms with E-state index in [1.807, 2.05) is 29.1 Å². The van der Waals surface area contributed by atoms with Crippen LogP contribution in [-0.2, 0) is 16.0 Å². The van der Waals surface area contributed by atoms with E-state index in [9.17, 15) is 13.6 Å². The topological polar surface area (TPSA) is 74.6 Å². The third kappa shape index (κ3) is 9.28. The zero-order valence-corrected chi connectivity index (χ0v) is 26.1. The minimum Gasteiger partial charge on any atom is -0.495 e. The van der Waals surface area contributed by atoms with Gasteiger partial charge in [-0.15, -0.1) is 0 Å². The summed E-state index contributed by atoms with van der Waals surface area (Å²) in [7, 11) is 3.19. The van der Waals surface area contributed by atoms with Gasteiger partial charge in [0.2, 0.25) is 0 Å². The molecular weight excluding hydrogens is 560 g/mol. The minimum absolute atomic E-state index is 0.189. The van der Waals surface area contributed by atoms with Gasteiger partial charge in [-0.1, -0.05) is 43.7 Å². The molecule has 2 aliphatic rings. The first-order valence-electron chi connectivity index (χ1n) is 15.0. The predicted octanol–water partition coefficient (Wildman–Crippen LogP) is 7.22. The van der Waals surface area contributed by atoms with Crippen molar-refractivity contribution in [3.63, 3.8) is 0 Å². The van der Waals surface area contributed by atoms with Crippen LogP contribution in [0.15, 0.2) is 41.0 Å². The van der Waals surface area contributed by atoms with Crippen LogP contribution < -0.4 is 10.1 Å². The first kappa shape index (κ1) is 32.5. The van der Waals surface area contributed by atoms with Gasteiger partial charge in [0, 0.05) is 33.3 Å². The molecule has 0 aliphatic heterocycles. The Morgan fingerprint density at radius 2 is 2.00 bits per heavy atom. The van der Waals surface area contributed by atoms with Crippen molar-refractivity contribution in [2.45, 2.75) is 70.6 Å². The molecule has 1 fully saturated rings. The van der Waals surface area contributed by atoms with Crippen molar-refractivity contribution >= 4 is 28.6 Å². The Morgan fingerprint density at radius 1 is 1.17 bits per heavy atom. The summed E-state index contributed by atoms with van der Waals surface area (Å²) in [6.07, 6.45) is 12.9.